The van der Waals surface area contributed by atoms with Gasteiger partial charge in [0.25, 0.3) is 0 Å². The molecule has 2 aromatic rings. The number of esters is 1. The molecule has 2 aromatic carbocycles. The molecule has 110 valence electrons. The van der Waals surface area contributed by atoms with Crippen LogP contribution in [0.25, 0.3) is 0 Å². The van der Waals surface area contributed by atoms with E-state index in [1.165, 1.54) is 25.3 Å². The van der Waals surface area contributed by atoms with Crippen LogP contribution >= 0.6 is 15.9 Å². The summed E-state index contributed by atoms with van der Waals surface area (Å²) in [6.45, 7) is 0.165. The summed E-state index contributed by atoms with van der Waals surface area (Å²) in [5.74, 6) is -0.401. The van der Waals surface area contributed by atoms with Crippen LogP contribution < -0.4 is 10.5 Å². The first kappa shape index (κ1) is 15.3. The predicted molar refractivity (Wildman–Crippen MR) is 80.6 cm³/mol. The molecule has 2 N–H and O–H groups in total. The molecule has 0 heterocycles. The van der Waals surface area contributed by atoms with E-state index in [-0.39, 0.29) is 12.4 Å². The molecular formula is C15H13BrFNO3. The van der Waals surface area contributed by atoms with Crippen molar-refractivity contribution in [2.45, 2.75) is 6.61 Å². The van der Waals surface area contributed by atoms with Crippen LogP contribution in [-0.2, 0) is 11.3 Å². The zero-order chi connectivity index (χ0) is 15.4. The van der Waals surface area contributed by atoms with E-state index in [1.807, 2.05) is 0 Å². The van der Waals surface area contributed by atoms with E-state index in [9.17, 15) is 9.18 Å². The van der Waals surface area contributed by atoms with E-state index >= 15 is 0 Å². The van der Waals surface area contributed by atoms with Crippen LogP contribution in [0.1, 0.15) is 15.9 Å². The van der Waals surface area contributed by atoms with Gasteiger partial charge in [-0.05, 0) is 42.0 Å². The number of benzene rings is 2. The highest BCUT2D eigenvalue weighted by atomic mass is 79.9. The number of rotatable bonds is 4. The Morgan fingerprint density at radius 2 is 2.05 bits per heavy atom. The molecule has 0 fully saturated rings. The highest BCUT2D eigenvalue weighted by Gasteiger charge is 2.09. The molecular weight excluding hydrogens is 341 g/mol. The van der Waals surface area contributed by atoms with Crippen molar-refractivity contribution in [1.29, 1.82) is 0 Å². The number of carbonyl (C=O) groups is 1. The SMILES string of the molecule is COC(=O)c1ccc(OCc2cc(F)cc(Br)c2)c(N)c1. The molecule has 0 aromatic heterocycles. The maximum atomic E-state index is 13.3. The van der Waals surface area contributed by atoms with Crippen LogP contribution in [0.4, 0.5) is 10.1 Å². The van der Waals surface area contributed by atoms with E-state index in [0.717, 1.165) is 0 Å². The van der Waals surface area contributed by atoms with Crippen LogP contribution in [-0.4, -0.2) is 13.1 Å². The Kier molecular flexibility index (Phi) is 4.80. The lowest BCUT2D eigenvalue weighted by atomic mass is 10.2. The van der Waals surface area contributed by atoms with Gasteiger partial charge in [0.05, 0.1) is 18.4 Å². The van der Waals surface area contributed by atoms with Gasteiger partial charge in [-0.25, -0.2) is 9.18 Å². The minimum absolute atomic E-state index is 0.165. The fraction of sp³-hybridized carbons (Fsp3) is 0.133. The maximum Gasteiger partial charge on any atom is 0.337 e. The summed E-state index contributed by atoms with van der Waals surface area (Å²) in [4.78, 5) is 11.4. The van der Waals surface area contributed by atoms with E-state index in [4.69, 9.17) is 10.5 Å². The maximum absolute atomic E-state index is 13.3. The topological polar surface area (TPSA) is 61.5 Å². The molecule has 0 radical (unpaired) electrons. The summed E-state index contributed by atoms with van der Waals surface area (Å²) < 4.78 is 24.0. The van der Waals surface area contributed by atoms with Crippen molar-refractivity contribution in [2.24, 2.45) is 0 Å². The molecule has 21 heavy (non-hydrogen) atoms. The highest BCUT2D eigenvalue weighted by molar-refractivity contribution is 9.10. The van der Waals surface area contributed by atoms with Gasteiger partial charge in [-0.1, -0.05) is 15.9 Å². The quantitative estimate of drug-likeness (QED) is 0.674. The van der Waals surface area contributed by atoms with E-state index in [0.29, 0.717) is 27.0 Å². The second-order valence-corrected chi connectivity index (χ2v) is 5.23. The average Bonchev–Trinajstić information content (AvgIpc) is 2.44. The highest BCUT2D eigenvalue weighted by Crippen LogP contribution is 2.24. The fourth-order valence-corrected chi connectivity index (χ4v) is 2.29. The van der Waals surface area contributed by atoms with Crippen LogP contribution in [0, 0.1) is 5.82 Å². The van der Waals surface area contributed by atoms with Crippen LogP contribution in [0.3, 0.4) is 0 Å². The normalized spacial score (nSPS) is 10.2. The molecule has 0 unspecified atom stereocenters. The third kappa shape index (κ3) is 3.95. The number of halogens is 2. The van der Waals surface area contributed by atoms with Gasteiger partial charge in [0.1, 0.15) is 18.2 Å². The molecule has 0 aliphatic rings. The molecule has 0 atom stereocenters. The van der Waals surface area contributed by atoms with Gasteiger partial charge in [-0.2, -0.15) is 0 Å². The van der Waals surface area contributed by atoms with Crippen molar-refractivity contribution in [3.05, 3.63) is 57.8 Å². The van der Waals surface area contributed by atoms with Crippen molar-refractivity contribution in [2.75, 3.05) is 12.8 Å². The van der Waals surface area contributed by atoms with Gasteiger partial charge < -0.3 is 15.2 Å². The summed E-state index contributed by atoms with van der Waals surface area (Å²) >= 11 is 3.22. The molecule has 4 nitrogen and oxygen atoms in total. The molecule has 6 heteroatoms. The third-order valence-electron chi connectivity index (χ3n) is 2.75. The van der Waals surface area contributed by atoms with Gasteiger partial charge in [-0.15, -0.1) is 0 Å². The van der Waals surface area contributed by atoms with Gasteiger partial charge in [-0.3, -0.25) is 0 Å². The van der Waals surface area contributed by atoms with E-state index in [1.54, 1.807) is 18.2 Å². The van der Waals surface area contributed by atoms with Gasteiger partial charge in [0.2, 0.25) is 0 Å². The van der Waals surface area contributed by atoms with E-state index in [2.05, 4.69) is 20.7 Å². The molecule has 0 amide bonds. The Hall–Kier alpha value is -2.08. The number of nitrogen functional groups attached to an aromatic ring is 1. The number of anilines is 1. The molecule has 0 saturated carbocycles. The van der Waals surface area contributed by atoms with Crippen molar-refractivity contribution < 1.29 is 18.7 Å². The number of hydrogen-bond acceptors (Lipinski definition) is 4. The summed E-state index contributed by atoms with van der Waals surface area (Å²) in [5, 5.41) is 0. The second kappa shape index (κ2) is 6.58. The first-order valence-electron chi connectivity index (χ1n) is 6.05. The summed E-state index contributed by atoms with van der Waals surface area (Å²) in [5.41, 5.74) is 7.14. The predicted octanol–water partition coefficient (Wildman–Crippen LogP) is 3.54. The molecule has 0 bridgehead atoms. The average molecular weight is 354 g/mol. The monoisotopic (exact) mass is 353 g/mol. The lowest BCUT2D eigenvalue weighted by Gasteiger charge is -2.10. The number of methoxy groups -OCH3 is 1. The number of ether oxygens (including phenoxy) is 2. The third-order valence-corrected chi connectivity index (χ3v) is 3.21. The van der Waals surface area contributed by atoms with Crippen molar-refractivity contribution in [3.8, 4) is 5.75 Å². The van der Waals surface area contributed by atoms with Crippen molar-refractivity contribution >= 4 is 27.6 Å². The van der Waals surface area contributed by atoms with Gasteiger partial charge >= 0.3 is 5.97 Å². The lowest BCUT2D eigenvalue weighted by Crippen LogP contribution is -2.04. The fourth-order valence-electron chi connectivity index (χ4n) is 1.78. The number of hydrogen-bond donors (Lipinski definition) is 1. The summed E-state index contributed by atoms with van der Waals surface area (Å²) in [6, 6.07) is 9.10. The Labute approximate surface area is 129 Å². The summed E-state index contributed by atoms with van der Waals surface area (Å²) in [7, 11) is 1.30. The Morgan fingerprint density at radius 1 is 1.29 bits per heavy atom. The molecule has 0 saturated heterocycles. The standard InChI is InChI=1S/C15H13BrFNO3/c1-20-15(19)10-2-3-14(13(18)6-10)21-8-9-4-11(16)7-12(17)5-9/h2-7H,8,18H2,1H3. The lowest BCUT2D eigenvalue weighted by molar-refractivity contribution is 0.0600. The number of carbonyl (C=O) groups excluding carboxylic acids is 1. The first-order chi connectivity index (χ1) is 9.99. The van der Waals surface area contributed by atoms with E-state index < -0.39 is 5.97 Å². The molecule has 0 aliphatic heterocycles. The molecule has 0 aliphatic carbocycles. The van der Waals surface area contributed by atoms with Crippen LogP contribution in [0.15, 0.2) is 40.9 Å². The zero-order valence-corrected chi connectivity index (χ0v) is 12.8. The molecule has 2 rings (SSSR count). The van der Waals surface area contributed by atoms with Gasteiger partial charge in [0, 0.05) is 4.47 Å². The van der Waals surface area contributed by atoms with Crippen LogP contribution in [0.2, 0.25) is 0 Å². The Morgan fingerprint density at radius 3 is 2.67 bits per heavy atom. The first-order valence-corrected chi connectivity index (χ1v) is 6.84. The Bertz CT molecular complexity index is 656. The van der Waals surface area contributed by atoms with Crippen molar-refractivity contribution in [1.82, 2.24) is 0 Å². The zero-order valence-electron chi connectivity index (χ0n) is 11.2. The smallest absolute Gasteiger partial charge is 0.337 e. The largest absolute Gasteiger partial charge is 0.487 e. The van der Waals surface area contributed by atoms with Gasteiger partial charge in [0.15, 0.2) is 0 Å². The second-order valence-electron chi connectivity index (χ2n) is 4.31. The Balaban J connectivity index is 2.11. The minimum Gasteiger partial charge on any atom is -0.487 e. The molecule has 0 spiro atoms. The summed E-state index contributed by atoms with van der Waals surface area (Å²) in [6.07, 6.45) is 0. The minimum atomic E-state index is -0.470. The van der Waals surface area contributed by atoms with Crippen LogP contribution in [0.5, 0.6) is 5.75 Å². The number of nitrogens with two attached hydrogens (primary N) is 1. The van der Waals surface area contributed by atoms with Crippen molar-refractivity contribution in [3.63, 3.8) is 0 Å².